The number of carbonyl (C=O) groups is 1. The average molecular weight is 298 g/mol. The Morgan fingerprint density at radius 2 is 1.95 bits per heavy atom. The highest BCUT2D eigenvalue weighted by Crippen LogP contribution is 2.25. The molecule has 4 heteroatoms. The second-order valence-electron chi connectivity index (χ2n) is 5.17. The van der Waals surface area contributed by atoms with Crippen molar-refractivity contribution in [3.05, 3.63) is 59.7 Å². The van der Waals surface area contributed by atoms with Gasteiger partial charge in [0.1, 0.15) is 5.75 Å². The minimum atomic E-state index is -0.0472. The molecule has 2 aromatic carbocycles. The van der Waals surface area contributed by atoms with E-state index < -0.39 is 0 Å². The predicted molar refractivity (Wildman–Crippen MR) is 89.0 cm³/mol. The summed E-state index contributed by atoms with van der Waals surface area (Å²) in [4.78, 5) is 14.6. The summed E-state index contributed by atoms with van der Waals surface area (Å²) in [7, 11) is 1.64. The first kappa shape index (κ1) is 15.9. The van der Waals surface area contributed by atoms with E-state index in [0.717, 1.165) is 11.3 Å². The average Bonchev–Trinajstić information content (AvgIpc) is 2.55. The first-order valence-electron chi connectivity index (χ1n) is 7.37. The molecule has 0 aliphatic heterocycles. The van der Waals surface area contributed by atoms with Crippen molar-refractivity contribution in [1.82, 2.24) is 4.90 Å². The summed E-state index contributed by atoms with van der Waals surface area (Å²) in [5.74, 6) is 0.766. The van der Waals surface area contributed by atoms with E-state index in [0.29, 0.717) is 17.8 Å². The molecule has 116 valence electrons. The van der Waals surface area contributed by atoms with E-state index in [4.69, 9.17) is 10.5 Å². The van der Waals surface area contributed by atoms with Crippen molar-refractivity contribution in [3.8, 4) is 5.75 Å². The van der Waals surface area contributed by atoms with Gasteiger partial charge in [0.25, 0.3) is 5.91 Å². The van der Waals surface area contributed by atoms with Crippen molar-refractivity contribution in [1.29, 1.82) is 0 Å². The summed E-state index contributed by atoms with van der Waals surface area (Å²) in [6.45, 7) is 4.61. The highest BCUT2D eigenvalue weighted by molar-refractivity contribution is 5.95. The van der Waals surface area contributed by atoms with Crippen molar-refractivity contribution < 1.29 is 9.53 Å². The molecule has 0 aromatic heterocycles. The fourth-order valence-corrected chi connectivity index (χ4v) is 2.51. The number of hydrogen-bond acceptors (Lipinski definition) is 3. The lowest BCUT2D eigenvalue weighted by Gasteiger charge is -2.29. The molecule has 0 saturated carbocycles. The fraction of sp³-hybridized carbons (Fsp3) is 0.278. The molecule has 1 amide bonds. The van der Waals surface area contributed by atoms with Gasteiger partial charge >= 0.3 is 0 Å². The van der Waals surface area contributed by atoms with Crippen LogP contribution in [-0.4, -0.2) is 24.5 Å². The van der Waals surface area contributed by atoms with Gasteiger partial charge in [-0.2, -0.15) is 0 Å². The molecule has 2 aromatic rings. The second-order valence-corrected chi connectivity index (χ2v) is 5.17. The Hall–Kier alpha value is -2.49. The van der Waals surface area contributed by atoms with Crippen LogP contribution in [-0.2, 0) is 0 Å². The zero-order chi connectivity index (χ0) is 16.1. The first-order chi connectivity index (χ1) is 10.6. The highest BCUT2D eigenvalue weighted by Gasteiger charge is 2.21. The Bertz CT molecular complexity index is 655. The number of amides is 1. The van der Waals surface area contributed by atoms with Crippen molar-refractivity contribution in [3.63, 3.8) is 0 Å². The van der Waals surface area contributed by atoms with Crippen molar-refractivity contribution in [2.24, 2.45) is 0 Å². The van der Waals surface area contributed by atoms with E-state index in [1.165, 1.54) is 0 Å². The maximum Gasteiger partial charge on any atom is 0.254 e. The van der Waals surface area contributed by atoms with Crippen LogP contribution in [0.25, 0.3) is 0 Å². The lowest BCUT2D eigenvalue weighted by atomic mass is 10.0. The highest BCUT2D eigenvalue weighted by atomic mass is 16.5. The molecule has 0 aliphatic rings. The number of rotatable bonds is 5. The Balaban J connectivity index is 2.28. The Kier molecular flexibility index (Phi) is 5.04. The summed E-state index contributed by atoms with van der Waals surface area (Å²) in [5, 5.41) is 0. The summed E-state index contributed by atoms with van der Waals surface area (Å²) in [6.07, 6.45) is 0. The third-order valence-electron chi connectivity index (χ3n) is 3.78. The van der Waals surface area contributed by atoms with Crippen LogP contribution in [0.3, 0.4) is 0 Å². The molecule has 2 N–H and O–H groups in total. The number of anilines is 1. The molecule has 1 unspecified atom stereocenters. The molecule has 0 heterocycles. The van der Waals surface area contributed by atoms with Gasteiger partial charge in [0, 0.05) is 17.8 Å². The minimum absolute atomic E-state index is 0.0230. The van der Waals surface area contributed by atoms with Crippen molar-refractivity contribution in [2.45, 2.75) is 19.9 Å². The fourth-order valence-electron chi connectivity index (χ4n) is 2.51. The zero-order valence-electron chi connectivity index (χ0n) is 13.2. The maximum absolute atomic E-state index is 12.7. The predicted octanol–water partition coefficient (Wildman–Crippen LogP) is 3.50. The van der Waals surface area contributed by atoms with E-state index in [9.17, 15) is 4.79 Å². The molecule has 0 bridgehead atoms. The van der Waals surface area contributed by atoms with Crippen molar-refractivity contribution >= 4 is 11.6 Å². The number of benzene rings is 2. The molecular formula is C18H22N2O2. The maximum atomic E-state index is 12.7. The number of hydrogen-bond donors (Lipinski definition) is 1. The Morgan fingerprint density at radius 3 is 2.59 bits per heavy atom. The van der Waals surface area contributed by atoms with Crippen LogP contribution in [0.15, 0.2) is 48.5 Å². The van der Waals surface area contributed by atoms with Gasteiger partial charge in [-0.05, 0) is 49.7 Å². The number of methoxy groups -OCH3 is 1. The van der Waals surface area contributed by atoms with Gasteiger partial charge < -0.3 is 15.4 Å². The van der Waals surface area contributed by atoms with E-state index in [1.54, 1.807) is 31.4 Å². The van der Waals surface area contributed by atoms with Gasteiger partial charge in [-0.15, -0.1) is 0 Å². The number of nitrogens with zero attached hydrogens (tertiary/aromatic N) is 1. The number of carbonyl (C=O) groups excluding carboxylic acids is 1. The lowest BCUT2D eigenvalue weighted by Crippen LogP contribution is -2.33. The number of nitrogens with two attached hydrogens (primary N) is 1. The summed E-state index contributed by atoms with van der Waals surface area (Å²) in [5.41, 5.74) is 8.02. The molecule has 22 heavy (non-hydrogen) atoms. The SMILES string of the molecule is CCN(C(=O)c1cccc(N)c1)C(C)c1cccc(OC)c1. The normalized spacial score (nSPS) is 11.8. The van der Waals surface area contributed by atoms with Crippen molar-refractivity contribution in [2.75, 3.05) is 19.4 Å². The number of ether oxygens (including phenoxy) is 1. The van der Waals surface area contributed by atoms with Gasteiger partial charge in [-0.3, -0.25) is 4.79 Å². The van der Waals surface area contributed by atoms with Gasteiger partial charge in [0.05, 0.1) is 13.2 Å². The molecule has 1 atom stereocenters. The molecular weight excluding hydrogens is 276 g/mol. The molecule has 0 aliphatic carbocycles. The topological polar surface area (TPSA) is 55.6 Å². The largest absolute Gasteiger partial charge is 0.497 e. The van der Waals surface area contributed by atoms with Crippen LogP contribution in [0, 0.1) is 0 Å². The van der Waals surface area contributed by atoms with Crippen LogP contribution >= 0.6 is 0 Å². The van der Waals surface area contributed by atoms with Crippen LogP contribution in [0.4, 0.5) is 5.69 Å². The monoisotopic (exact) mass is 298 g/mol. The standard InChI is InChI=1S/C18H22N2O2/c1-4-20(18(21)15-8-5-9-16(19)11-15)13(2)14-7-6-10-17(12-14)22-3/h5-13H,4,19H2,1-3H3. The third-order valence-corrected chi connectivity index (χ3v) is 3.78. The van der Waals surface area contributed by atoms with Gasteiger partial charge in [-0.25, -0.2) is 0 Å². The quantitative estimate of drug-likeness (QED) is 0.860. The van der Waals surface area contributed by atoms with Crippen LogP contribution in [0.5, 0.6) is 5.75 Å². The van der Waals surface area contributed by atoms with Gasteiger partial charge in [0.2, 0.25) is 0 Å². The summed E-state index contributed by atoms with van der Waals surface area (Å²) >= 11 is 0. The molecule has 0 spiro atoms. The van der Waals surface area contributed by atoms with E-state index in [2.05, 4.69) is 0 Å². The Morgan fingerprint density at radius 1 is 1.23 bits per heavy atom. The van der Waals surface area contributed by atoms with Crippen LogP contribution in [0.2, 0.25) is 0 Å². The smallest absolute Gasteiger partial charge is 0.254 e. The molecule has 2 rings (SSSR count). The van der Waals surface area contributed by atoms with Gasteiger partial charge in [0.15, 0.2) is 0 Å². The first-order valence-corrected chi connectivity index (χ1v) is 7.37. The molecule has 0 saturated heterocycles. The van der Waals surface area contributed by atoms with Crippen LogP contribution in [0.1, 0.15) is 35.8 Å². The van der Waals surface area contributed by atoms with Gasteiger partial charge in [-0.1, -0.05) is 18.2 Å². The molecule has 0 fully saturated rings. The third kappa shape index (κ3) is 3.39. The van der Waals surface area contributed by atoms with Crippen LogP contribution < -0.4 is 10.5 Å². The lowest BCUT2D eigenvalue weighted by molar-refractivity contribution is 0.0702. The second kappa shape index (κ2) is 6.98. The van der Waals surface area contributed by atoms with E-state index in [-0.39, 0.29) is 11.9 Å². The Labute approximate surface area is 131 Å². The summed E-state index contributed by atoms with van der Waals surface area (Å²) in [6, 6.07) is 14.8. The molecule has 4 nitrogen and oxygen atoms in total. The van der Waals surface area contributed by atoms with E-state index in [1.807, 2.05) is 43.0 Å². The number of nitrogen functional groups attached to an aromatic ring is 1. The minimum Gasteiger partial charge on any atom is -0.497 e. The van der Waals surface area contributed by atoms with E-state index >= 15 is 0 Å². The zero-order valence-corrected chi connectivity index (χ0v) is 13.2. The molecule has 0 radical (unpaired) electrons. The summed E-state index contributed by atoms with van der Waals surface area (Å²) < 4.78 is 5.26.